The van der Waals surface area contributed by atoms with Gasteiger partial charge in [-0.15, -0.1) is 0 Å². The second-order valence-electron chi connectivity index (χ2n) is 11.6. The normalized spacial score (nSPS) is 18.1. The first kappa shape index (κ1) is 25.9. The fourth-order valence-corrected chi connectivity index (χ4v) is 7.43. The molecule has 2 saturated carbocycles. The molecule has 196 valence electrons. The summed E-state index contributed by atoms with van der Waals surface area (Å²) in [4.78, 5) is 0. The number of benzene rings is 3. The number of phenols is 1. The molecule has 2 nitrogen and oxygen atoms in total. The molecule has 0 amide bonds. The van der Waals surface area contributed by atoms with Gasteiger partial charge in [0.25, 0.3) is 0 Å². The van der Waals surface area contributed by atoms with Crippen molar-refractivity contribution in [2.45, 2.75) is 103 Å². The predicted octanol–water partition coefficient (Wildman–Crippen LogP) is 9.60. The molecule has 37 heavy (non-hydrogen) atoms. The van der Waals surface area contributed by atoms with Gasteiger partial charge in [0.2, 0.25) is 0 Å². The molecule has 0 heterocycles. The summed E-state index contributed by atoms with van der Waals surface area (Å²) in [5.74, 6) is 2.68. The smallest absolute Gasteiger partial charge is 0.122 e. The third-order valence-electron chi connectivity index (χ3n) is 9.27. The average molecular weight is 497 g/mol. The van der Waals surface area contributed by atoms with Gasteiger partial charge in [-0.2, -0.15) is 0 Å². The SMILES string of the molecule is COc1cc(C)c(C(c2ccccc2)c2c(C)cc(O)c(C3CCCCC3)c2C)cc1C1CCCCC1. The minimum atomic E-state index is 0.123. The van der Waals surface area contributed by atoms with Crippen molar-refractivity contribution in [2.24, 2.45) is 0 Å². The molecule has 1 unspecified atom stereocenters. The Kier molecular flexibility index (Phi) is 7.93. The van der Waals surface area contributed by atoms with Gasteiger partial charge in [-0.05, 0) is 109 Å². The van der Waals surface area contributed by atoms with Gasteiger partial charge < -0.3 is 9.84 Å². The van der Waals surface area contributed by atoms with Gasteiger partial charge in [-0.3, -0.25) is 0 Å². The summed E-state index contributed by atoms with van der Waals surface area (Å²) in [6.07, 6.45) is 12.7. The minimum absolute atomic E-state index is 0.123. The molecule has 0 aromatic heterocycles. The van der Waals surface area contributed by atoms with Crippen LogP contribution in [0.25, 0.3) is 0 Å². The Hall–Kier alpha value is -2.74. The lowest BCUT2D eigenvalue weighted by atomic mass is 9.73. The van der Waals surface area contributed by atoms with Crippen LogP contribution in [0.2, 0.25) is 0 Å². The fourth-order valence-electron chi connectivity index (χ4n) is 7.43. The Labute approximate surface area is 224 Å². The Bertz CT molecular complexity index is 1210. The molecule has 3 aromatic rings. The third kappa shape index (κ3) is 5.17. The van der Waals surface area contributed by atoms with Crippen LogP contribution < -0.4 is 4.74 Å². The lowest BCUT2D eigenvalue weighted by Crippen LogP contribution is -2.15. The van der Waals surface area contributed by atoms with E-state index in [1.54, 1.807) is 0 Å². The molecule has 0 bridgehead atoms. The molecule has 0 spiro atoms. The molecule has 1 atom stereocenters. The van der Waals surface area contributed by atoms with Crippen LogP contribution in [0, 0.1) is 20.8 Å². The quantitative estimate of drug-likeness (QED) is 0.344. The van der Waals surface area contributed by atoms with Crippen LogP contribution in [0.4, 0.5) is 0 Å². The maximum Gasteiger partial charge on any atom is 0.122 e. The van der Waals surface area contributed by atoms with Gasteiger partial charge in [0.1, 0.15) is 11.5 Å². The summed E-state index contributed by atoms with van der Waals surface area (Å²) < 4.78 is 5.95. The standard InChI is InChI=1S/C35H44O2/c1-23-21-32(37-4)30(26-14-8-5-9-15-26)22-29(23)35(28-18-12-7-13-19-28)33-24(2)20-31(36)34(25(33)3)27-16-10-6-11-17-27/h7,12-13,18-22,26-27,35-36H,5-6,8-11,14-17H2,1-4H3. The number of rotatable bonds is 6. The van der Waals surface area contributed by atoms with E-state index in [4.69, 9.17) is 4.74 Å². The summed E-state index contributed by atoms with van der Waals surface area (Å²) in [5, 5.41) is 11.2. The highest BCUT2D eigenvalue weighted by Gasteiger charge is 2.30. The van der Waals surface area contributed by atoms with Crippen molar-refractivity contribution in [3.05, 3.63) is 93.0 Å². The summed E-state index contributed by atoms with van der Waals surface area (Å²) in [6.45, 7) is 6.69. The van der Waals surface area contributed by atoms with Crippen LogP contribution in [0.15, 0.2) is 48.5 Å². The predicted molar refractivity (Wildman–Crippen MR) is 154 cm³/mol. The Balaban J connectivity index is 1.72. The first-order chi connectivity index (χ1) is 18.0. The Morgan fingerprint density at radius 3 is 2.00 bits per heavy atom. The van der Waals surface area contributed by atoms with Crippen molar-refractivity contribution in [2.75, 3.05) is 7.11 Å². The third-order valence-corrected chi connectivity index (χ3v) is 9.27. The number of ether oxygens (including phenoxy) is 1. The van der Waals surface area contributed by atoms with Crippen molar-refractivity contribution in [3.63, 3.8) is 0 Å². The minimum Gasteiger partial charge on any atom is -0.508 e. The fraction of sp³-hybridized carbons (Fsp3) is 0.486. The molecule has 0 aliphatic heterocycles. The number of methoxy groups -OCH3 is 1. The van der Waals surface area contributed by atoms with Gasteiger partial charge in [0.05, 0.1) is 7.11 Å². The van der Waals surface area contributed by atoms with E-state index in [0.717, 1.165) is 5.75 Å². The highest BCUT2D eigenvalue weighted by Crippen LogP contribution is 2.47. The lowest BCUT2D eigenvalue weighted by Gasteiger charge is -2.31. The lowest BCUT2D eigenvalue weighted by molar-refractivity contribution is 0.386. The van der Waals surface area contributed by atoms with Crippen LogP contribution in [0.3, 0.4) is 0 Å². The molecule has 2 heteroatoms. The first-order valence-electron chi connectivity index (χ1n) is 14.6. The largest absolute Gasteiger partial charge is 0.508 e. The molecule has 0 radical (unpaired) electrons. The van der Waals surface area contributed by atoms with Crippen molar-refractivity contribution in [1.82, 2.24) is 0 Å². The highest BCUT2D eigenvalue weighted by atomic mass is 16.5. The first-order valence-corrected chi connectivity index (χ1v) is 14.6. The zero-order chi connectivity index (χ0) is 25.9. The maximum absolute atomic E-state index is 11.2. The Morgan fingerprint density at radius 2 is 1.38 bits per heavy atom. The number of aryl methyl sites for hydroxylation is 2. The van der Waals surface area contributed by atoms with E-state index in [-0.39, 0.29) is 5.92 Å². The summed E-state index contributed by atoms with van der Waals surface area (Å²) >= 11 is 0. The van der Waals surface area contributed by atoms with E-state index in [2.05, 4.69) is 63.2 Å². The van der Waals surface area contributed by atoms with Crippen LogP contribution >= 0.6 is 0 Å². The van der Waals surface area contributed by atoms with E-state index in [0.29, 0.717) is 17.6 Å². The van der Waals surface area contributed by atoms with Gasteiger partial charge >= 0.3 is 0 Å². The van der Waals surface area contributed by atoms with Crippen molar-refractivity contribution >= 4 is 0 Å². The average Bonchev–Trinajstić information content (AvgIpc) is 2.92. The summed E-state index contributed by atoms with van der Waals surface area (Å²) in [5.41, 5.74) is 10.4. The molecule has 1 N–H and O–H groups in total. The number of hydrogen-bond donors (Lipinski definition) is 1. The van der Waals surface area contributed by atoms with Crippen LogP contribution in [-0.4, -0.2) is 12.2 Å². The monoisotopic (exact) mass is 496 g/mol. The van der Waals surface area contributed by atoms with Crippen molar-refractivity contribution < 1.29 is 9.84 Å². The van der Waals surface area contributed by atoms with Crippen LogP contribution in [-0.2, 0) is 0 Å². The second-order valence-corrected chi connectivity index (χ2v) is 11.6. The summed E-state index contributed by atoms with van der Waals surface area (Å²) in [7, 11) is 1.82. The molecule has 2 aliphatic rings. The zero-order valence-electron chi connectivity index (χ0n) is 23.3. The highest BCUT2D eigenvalue weighted by molar-refractivity contribution is 5.59. The molecular weight excluding hydrogens is 452 g/mol. The van der Waals surface area contributed by atoms with Crippen molar-refractivity contribution in [3.8, 4) is 11.5 Å². The topological polar surface area (TPSA) is 29.5 Å². The molecule has 0 saturated heterocycles. The number of aromatic hydroxyl groups is 1. The number of hydrogen-bond acceptors (Lipinski definition) is 2. The van der Waals surface area contributed by atoms with E-state index in [1.807, 2.05) is 13.2 Å². The van der Waals surface area contributed by atoms with Gasteiger partial charge in [-0.25, -0.2) is 0 Å². The van der Waals surface area contributed by atoms with Crippen molar-refractivity contribution in [1.29, 1.82) is 0 Å². The van der Waals surface area contributed by atoms with E-state index >= 15 is 0 Å². The zero-order valence-corrected chi connectivity index (χ0v) is 23.3. The molecular formula is C35H44O2. The number of phenolic OH excluding ortho intramolecular Hbond substituents is 1. The van der Waals surface area contributed by atoms with Gasteiger partial charge in [0.15, 0.2) is 0 Å². The maximum atomic E-state index is 11.2. The van der Waals surface area contributed by atoms with Gasteiger partial charge in [0, 0.05) is 11.5 Å². The molecule has 2 fully saturated rings. The molecule has 3 aromatic carbocycles. The van der Waals surface area contributed by atoms with E-state index < -0.39 is 0 Å². The Morgan fingerprint density at radius 1 is 0.757 bits per heavy atom. The van der Waals surface area contributed by atoms with E-state index in [1.165, 1.54) is 109 Å². The van der Waals surface area contributed by atoms with E-state index in [9.17, 15) is 5.11 Å². The second kappa shape index (κ2) is 11.3. The van der Waals surface area contributed by atoms with Gasteiger partial charge in [-0.1, -0.05) is 74.9 Å². The molecule has 2 aliphatic carbocycles. The van der Waals surface area contributed by atoms with Crippen LogP contribution in [0.5, 0.6) is 11.5 Å². The summed E-state index contributed by atoms with van der Waals surface area (Å²) in [6, 6.07) is 17.8. The van der Waals surface area contributed by atoms with Crippen LogP contribution in [0.1, 0.15) is 126 Å². The molecule has 5 rings (SSSR count).